The van der Waals surface area contributed by atoms with Crippen LogP contribution in [-0.4, -0.2) is 24.9 Å². The van der Waals surface area contributed by atoms with Gasteiger partial charge in [0.25, 0.3) is 0 Å². The third-order valence-corrected chi connectivity index (χ3v) is 5.60. The quantitative estimate of drug-likeness (QED) is 0.662. The zero-order valence-corrected chi connectivity index (χ0v) is 17.2. The Labute approximate surface area is 171 Å². The summed E-state index contributed by atoms with van der Waals surface area (Å²) < 4.78 is 13.7. The van der Waals surface area contributed by atoms with E-state index in [1.165, 1.54) is 6.07 Å². The fourth-order valence-corrected chi connectivity index (χ4v) is 3.48. The number of aryl methyl sites for hydroxylation is 1. The third kappa shape index (κ3) is 4.42. The van der Waals surface area contributed by atoms with Crippen LogP contribution in [0.5, 0.6) is 0 Å². The van der Waals surface area contributed by atoms with Crippen LogP contribution in [0.2, 0.25) is 0 Å². The Balaban J connectivity index is 1.65. The molecule has 6 heteroatoms. The van der Waals surface area contributed by atoms with Gasteiger partial charge in [-0.3, -0.25) is 9.59 Å². The topological polar surface area (TPSA) is 61.4 Å². The zero-order valence-electron chi connectivity index (χ0n) is 17.2. The summed E-state index contributed by atoms with van der Waals surface area (Å²) in [6, 6.07) is 12.2. The molecule has 0 saturated heterocycles. The average molecular weight is 397 g/mol. The van der Waals surface area contributed by atoms with E-state index in [1.807, 2.05) is 25.1 Å². The number of carbonyl (C=O) groups is 2. The molecule has 0 spiro atoms. The summed E-state index contributed by atoms with van der Waals surface area (Å²) in [5.74, 6) is -1.02. The molecule has 0 radical (unpaired) electrons. The summed E-state index contributed by atoms with van der Waals surface area (Å²) in [5, 5.41) is 5.63. The van der Waals surface area contributed by atoms with E-state index in [4.69, 9.17) is 0 Å². The molecule has 1 saturated carbocycles. The molecule has 0 atom stereocenters. The number of rotatable bonds is 8. The monoisotopic (exact) mass is 397 g/mol. The molecule has 1 fully saturated rings. The molecule has 1 aliphatic carbocycles. The first kappa shape index (κ1) is 20.8. The summed E-state index contributed by atoms with van der Waals surface area (Å²) >= 11 is 0. The molecule has 0 aromatic heterocycles. The van der Waals surface area contributed by atoms with Crippen molar-refractivity contribution in [2.45, 2.75) is 40.2 Å². The molecule has 1 aliphatic rings. The van der Waals surface area contributed by atoms with Gasteiger partial charge in [-0.25, -0.2) is 4.39 Å². The number of anilines is 2. The number of nitrogens with one attached hydrogen (secondary N) is 2. The Hall–Kier alpha value is -2.89. The van der Waals surface area contributed by atoms with Crippen molar-refractivity contribution in [3.05, 3.63) is 59.4 Å². The average Bonchev–Trinajstić information content (AvgIpc) is 3.52. The Morgan fingerprint density at radius 2 is 1.76 bits per heavy atom. The van der Waals surface area contributed by atoms with Crippen molar-refractivity contribution in [2.24, 2.45) is 5.41 Å². The maximum atomic E-state index is 13.7. The SMILES string of the molecule is CCN(CC)c1ccc(NC(=O)C2(C(=O)NCc3ccccc3F)CC2)c(C)c1. The van der Waals surface area contributed by atoms with Crippen molar-refractivity contribution in [1.82, 2.24) is 5.32 Å². The summed E-state index contributed by atoms with van der Waals surface area (Å²) in [4.78, 5) is 27.7. The largest absolute Gasteiger partial charge is 0.372 e. The highest BCUT2D eigenvalue weighted by molar-refractivity contribution is 6.13. The van der Waals surface area contributed by atoms with Crippen LogP contribution in [0.4, 0.5) is 15.8 Å². The lowest BCUT2D eigenvalue weighted by atomic mass is 10.0. The van der Waals surface area contributed by atoms with Gasteiger partial charge in [-0.1, -0.05) is 18.2 Å². The lowest BCUT2D eigenvalue weighted by Gasteiger charge is -2.22. The van der Waals surface area contributed by atoms with Gasteiger partial charge in [-0.15, -0.1) is 0 Å². The van der Waals surface area contributed by atoms with Gasteiger partial charge in [-0.2, -0.15) is 0 Å². The smallest absolute Gasteiger partial charge is 0.240 e. The molecular formula is C23H28FN3O2. The van der Waals surface area contributed by atoms with E-state index in [-0.39, 0.29) is 24.2 Å². The van der Waals surface area contributed by atoms with Gasteiger partial charge in [0.1, 0.15) is 11.2 Å². The fourth-order valence-electron chi connectivity index (χ4n) is 3.48. The summed E-state index contributed by atoms with van der Waals surface area (Å²) in [7, 11) is 0. The first-order valence-corrected chi connectivity index (χ1v) is 10.1. The van der Waals surface area contributed by atoms with E-state index in [0.717, 1.165) is 24.3 Å². The second kappa shape index (κ2) is 8.64. The minimum Gasteiger partial charge on any atom is -0.372 e. The molecule has 0 aliphatic heterocycles. The molecule has 2 N–H and O–H groups in total. The van der Waals surface area contributed by atoms with Crippen LogP contribution in [0.25, 0.3) is 0 Å². The minimum atomic E-state index is -1.06. The maximum Gasteiger partial charge on any atom is 0.240 e. The molecule has 2 aromatic carbocycles. The van der Waals surface area contributed by atoms with Gasteiger partial charge in [0, 0.05) is 36.6 Å². The molecule has 0 unspecified atom stereocenters. The van der Waals surface area contributed by atoms with Gasteiger partial charge >= 0.3 is 0 Å². The normalized spacial score (nSPS) is 14.2. The molecule has 154 valence electrons. The van der Waals surface area contributed by atoms with E-state index in [0.29, 0.717) is 24.1 Å². The Morgan fingerprint density at radius 1 is 1.07 bits per heavy atom. The van der Waals surface area contributed by atoms with Crippen LogP contribution in [0.3, 0.4) is 0 Å². The fraction of sp³-hybridized carbons (Fsp3) is 0.391. The van der Waals surface area contributed by atoms with Crippen LogP contribution in [0.15, 0.2) is 42.5 Å². The van der Waals surface area contributed by atoms with Crippen LogP contribution in [0, 0.1) is 18.2 Å². The van der Waals surface area contributed by atoms with Crippen LogP contribution in [-0.2, 0) is 16.1 Å². The highest BCUT2D eigenvalue weighted by Gasteiger charge is 2.56. The first-order chi connectivity index (χ1) is 13.9. The minimum absolute atomic E-state index is 0.0676. The number of carbonyl (C=O) groups excluding carboxylic acids is 2. The second-order valence-corrected chi connectivity index (χ2v) is 7.48. The first-order valence-electron chi connectivity index (χ1n) is 10.1. The van der Waals surface area contributed by atoms with Gasteiger partial charge in [0.15, 0.2) is 0 Å². The van der Waals surface area contributed by atoms with E-state index in [9.17, 15) is 14.0 Å². The molecule has 3 rings (SSSR count). The Bertz CT molecular complexity index is 905. The van der Waals surface area contributed by atoms with Crippen molar-refractivity contribution in [3.63, 3.8) is 0 Å². The second-order valence-electron chi connectivity index (χ2n) is 7.48. The molecule has 0 bridgehead atoms. The number of amides is 2. The van der Waals surface area contributed by atoms with Gasteiger partial charge in [0.05, 0.1) is 0 Å². The number of hydrogen-bond acceptors (Lipinski definition) is 3. The van der Waals surface area contributed by atoms with Crippen LogP contribution in [0.1, 0.15) is 37.8 Å². The standard InChI is InChI=1S/C23H28FN3O2/c1-4-27(5-2)18-10-11-20(16(3)14-18)26-22(29)23(12-13-23)21(28)25-15-17-8-6-7-9-19(17)24/h6-11,14H,4-5,12-13,15H2,1-3H3,(H,25,28)(H,26,29). The van der Waals surface area contributed by atoms with E-state index >= 15 is 0 Å². The van der Waals surface area contributed by atoms with Gasteiger partial charge < -0.3 is 15.5 Å². The third-order valence-electron chi connectivity index (χ3n) is 5.60. The number of halogens is 1. The zero-order chi connectivity index (χ0) is 21.0. The Morgan fingerprint density at radius 3 is 2.34 bits per heavy atom. The highest BCUT2D eigenvalue weighted by atomic mass is 19.1. The van der Waals surface area contributed by atoms with E-state index in [1.54, 1.807) is 18.2 Å². The molecule has 2 amide bonds. The number of hydrogen-bond donors (Lipinski definition) is 2. The van der Waals surface area contributed by atoms with E-state index < -0.39 is 5.41 Å². The summed E-state index contributed by atoms with van der Waals surface area (Å²) in [5.41, 5.74) is 2.11. The molecular weight excluding hydrogens is 369 g/mol. The summed E-state index contributed by atoms with van der Waals surface area (Å²) in [6.45, 7) is 8.04. The van der Waals surface area contributed by atoms with Gasteiger partial charge in [0.2, 0.25) is 11.8 Å². The highest BCUT2D eigenvalue weighted by Crippen LogP contribution is 2.47. The van der Waals surface area contributed by atoms with E-state index in [2.05, 4.69) is 29.4 Å². The predicted octanol–water partition coefficient (Wildman–Crippen LogP) is 4.02. The van der Waals surface area contributed by atoms with Crippen molar-refractivity contribution >= 4 is 23.2 Å². The van der Waals surface area contributed by atoms with Gasteiger partial charge in [-0.05, 0) is 63.4 Å². The lowest BCUT2D eigenvalue weighted by Crippen LogP contribution is -2.39. The van der Waals surface area contributed by atoms with Crippen molar-refractivity contribution < 1.29 is 14.0 Å². The summed E-state index contributed by atoms with van der Waals surface area (Å²) in [6.07, 6.45) is 0.997. The van der Waals surface area contributed by atoms with Crippen molar-refractivity contribution in [1.29, 1.82) is 0 Å². The predicted molar refractivity (Wildman–Crippen MR) is 113 cm³/mol. The van der Waals surface area contributed by atoms with Crippen LogP contribution >= 0.6 is 0 Å². The Kier molecular flexibility index (Phi) is 6.20. The van der Waals surface area contributed by atoms with Crippen molar-refractivity contribution in [3.8, 4) is 0 Å². The molecule has 2 aromatic rings. The number of nitrogens with zero attached hydrogens (tertiary/aromatic N) is 1. The van der Waals surface area contributed by atoms with Crippen LogP contribution < -0.4 is 15.5 Å². The molecule has 29 heavy (non-hydrogen) atoms. The maximum absolute atomic E-state index is 13.7. The van der Waals surface area contributed by atoms with Crippen molar-refractivity contribution in [2.75, 3.05) is 23.3 Å². The molecule has 5 nitrogen and oxygen atoms in total. The lowest BCUT2D eigenvalue weighted by molar-refractivity contribution is -0.134. The molecule has 0 heterocycles. The number of benzene rings is 2.